The van der Waals surface area contributed by atoms with E-state index in [1.807, 2.05) is 30.3 Å². The molecule has 9 heteroatoms. The monoisotopic (exact) mass is 414 g/mol. The van der Waals surface area contributed by atoms with Gasteiger partial charge in [-0.05, 0) is 37.7 Å². The van der Waals surface area contributed by atoms with Gasteiger partial charge in [0.25, 0.3) is 5.91 Å². The number of carbonyl (C=O) groups excluding carboxylic acids is 1. The van der Waals surface area contributed by atoms with Crippen LogP contribution in [0.5, 0.6) is 5.75 Å². The molecule has 3 aromatic rings. The van der Waals surface area contributed by atoms with E-state index in [0.29, 0.717) is 5.82 Å². The van der Waals surface area contributed by atoms with Crippen molar-refractivity contribution in [2.45, 2.75) is 17.9 Å². The van der Waals surface area contributed by atoms with Crippen molar-refractivity contribution in [1.29, 1.82) is 0 Å². The molecule has 3 N–H and O–H groups in total. The number of sulfonamides is 1. The third-order valence-electron chi connectivity index (χ3n) is 4.42. The molecule has 1 aromatic heterocycles. The van der Waals surface area contributed by atoms with Gasteiger partial charge in [0.1, 0.15) is 16.5 Å². The van der Waals surface area contributed by atoms with Gasteiger partial charge in [-0.1, -0.05) is 30.3 Å². The van der Waals surface area contributed by atoms with E-state index in [0.717, 1.165) is 11.3 Å². The van der Waals surface area contributed by atoms with Crippen molar-refractivity contribution in [2.24, 2.45) is 0 Å². The molecule has 3 rings (SSSR count). The molecule has 0 aliphatic rings. The molecule has 1 unspecified atom stereocenters. The second-order valence-electron chi connectivity index (χ2n) is 6.32. The highest BCUT2D eigenvalue weighted by molar-refractivity contribution is 7.89. The number of aromatic nitrogens is 2. The number of methoxy groups -OCH3 is 1. The maximum absolute atomic E-state index is 12.7. The Kier molecular flexibility index (Phi) is 6.00. The number of hydrogen-bond acceptors (Lipinski definition) is 5. The molecule has 0 radical (unpaired) electrons. The van der Waals surface area contributed by atoms with Crippen molar-refractivity contribution in [3.05, 3.63) is 66.1 Å². The predicted molar refractivity (Wildman–Crippen MR) is 109 cm³/mol. The Balaban J connectivity index is 1.80. The average Bonchev–Trinajstić information content (AvgIpc) is 3.24. The Morgan fingerprint density at radius 3 is 2.55 bits per heavy atom. The van der Waals surface area contributed by atoms with E-state index in [2.05, 4.69) is 20.0 Å². The Bertz CT molecular complexity index is 1110. The fourth-order valence-electron chi connectivity index (χ4n) is 2.81. The molecule has 0 saturated carbocycles. The fraction of sp³-hybridized carbons (Fsp3) is 0.200. The summed E-state index contributed by atoms with van der Waals surface area (Å²) in [4.78, 5) is 20.1. The van der Waals surface area contributed by atoms with Crippen molar-refractivity contribution in [2.75, 3.05) is 14.2 Å². The number of nitrogens with one attached hydrogen (secondary N) is 3. The molecule has 29 heavy (non-hydrogen) atoms. The number of aromatic amines is 1. The molecule has 152 valence electrons. The van der Waals surface area contributed by atoms with Crippen LogP contribution in [-0.2, 0) is 10.0 Å². The van der Waals surface area contributed by atoms with Gasteiger partial charge in [-0.2, -0.15) is 0 Å². The van der Waals surface area contributed by atoms with Gasteiger partial charge >= 0.3 is 0 Å². The van der Waals surface area contributed by atoms with Crippen LogP contribution in [-0.4, -0.2) is 38.5 Å². The number of nitrogens with zero attached hydrogens (tertiary/aromatic N) is 1. The van der Waals surface area contributed by atoms with Crippen LogP contribution in [0.2, 0.25) is 0 Å². The summed E-state index contributed by atoms with van der Waals surface area (Å²) in [5, 5.41) is 2.82. The quantitative estimate of drug-likeness (QED) is 0.550. The molecule has 1 amide bonds. The summed E-state index contributed by atoms with van der Waals surface area (Å²) in [6, 6.07) is 13.5. The van der Waals surface area contributed by atoms with E-state index in [9.17, 15) is 13.2 Å². The number of benzene rings is 2. The number of carbonyl (C=O) groups is 1. The van der Waals surface area contributed by atoms with Crippen molar-refractivity contribution in [3.63, 3.8) is 0 Å². The Hall–Kier alpha value is -3.17. The number of rotatable bonds is 7. The third-order valence-corrected chi connectivity index (χ3v) is 5.86. The molecule has 1 heterocycles. The Morgan fingerprint density at radius 1 is 1.17 bits per heavy atom. The van der Waals surface area contributed by atoms with Crippen LogP contribution in [0.1, 0.15) is 29.1 Å². The average molecular weight is 414 g/mol. The highest BCUT2D eigenvalue weighted by Crippen LogP contribution is 2.25. The normalized spacial score (nSPS) is 12.4. The van der Waals surface area contributed by atoms with Crippen molar-refractivity contribution < 1.29 is 17.9 Å². The molecule has 0 fully saturated rings. The molecule has 0 bridgehead atoms. The van der Waals surface area contributed by atoms with Crippen LogP contribution < -0.4 is 14.8 Å². The van der Waals surface area contributed by atoms with Crippen molar-refractivity contribution in [3.8, 4) is 17.0 Å². The standard InChI is InChI=1S/C20H22N4O4S/c1-13(19-22-12-16(24-19)14-7-5-4-6-8-14)23-20(25)15-9-10-17(28-3)18(11-15)29(26,27)21-2/h4-13,21H,1-3H3,(H,22,24)(H,23,25). The van der Waals surface area contributed by atoms with E-state index in [1.54, 1.807) is 13.1 Å². The number of ether oxygens (including phenoxy) is 1. The van der Waals surface area contributed by atoms with Gasteiger partial charge < -0.3 is 15.0 Å². The zero-order valence-electron chi connectivity index (χ0n) is 16.3. The number of imidazole rings is 1. The summed E-state index contributed by atoms with van der Waals surface area (Å²) in [6.45, 7) is 1.79. The molecule has 0 aliphatic heterocycles. The van der Waals surface area contributed by atoms with Crippen molar-refractivity contribution in [1.82, 2.24) is 20.0 Å². The highest BCUT2D eigenvalue weighted by atomic mass is 32.2. The lowest BCUT2D eigenvalue weighted by Crippen LogP contribution is -2.28. The molecule has 1 atom stereocenters. The van der Waals surface area contributed by atoms with Gasteiger partial charge in [0, 0.05) is 5.56 Å². The maximum atomic E-state index is 12.7. The molecule has 0 aliphatic carbocycles. The smallest absolute Gasteiger partial charge is 0.251 e. The fourth-order valence-corrected chi connectivity index (χ4v) is 3.73. The lowest BCUT2D eigenvalue weighted by Gasteiger charge is -2.14. The van der Waals surface area contributed by atoms with Gasteiger partial charge in [0.15, 0.2) is 0 Å². The van der Waals surface area contributed by atoms with Gasteiger partial charge in [0.2, 0.25) is 10.0 Å². The SMILES string of the molecule is CNS(=O)(=O)c1cc(C(=O)NC(C)c2ncc(-c3ccccc3)[nH]2)ccc1OC. The molecule has 0 spiro atoms. The minimum absolute atomic E-state index is 0.104. The van der Waals surface area contributed by atoms with Crippen LogP contribution in [0.15, 0.2) is 59.6 Å². The van der Waals surface area contributed by atoms with Crippen LogP contribution in [0.25, 0.3) is 11.3 Å². The van der Waals surface area contributed by atoms with Crippen LogP contribution in [0, 0.1) is 0 Å². The number of amides is 1. The van der Waals surface area contributed by atoms with Crippen molar-refractivity contribution >= 4 is 15.9 Å². The highest BCUT2D eigenvalue weighted by Gasteiger charge is 2.21. The first-order valence-corrected chi connectivity index (χ1v) is 10.4. The second kappa shape index (κ2) is 8.46. The van der Waals surface area contributed by atoms with Gasteiger partial charge in [-0.15, -0.1) is 0 Å². The van der Waals surface area contributed by atoms with E-state index in [4.69, 9.17) is 4.74 Å². The predicted octanol–water partition coefficient (Wildman–Crippen LogP) is 2.48. The van der Waals surface area contributed by atoms with E-state index in [-0.39, 0.29) is 16.2 Å². The first-order chi connectivity index (χ1) is 13.9. The zero-order valence-corrected chi connectivity index (χ0v) is 17.1. The summed E-state index contributed by atoms with van der Waals surface area (Å²) in [6.07, 6.45) is 1.71. The molecule has 8 nitrogen and oxygen atoms in total. The van der Waals surface area contributed by atoms with Gasteiger partial charge in [-0.25, -0.2) is 18.1 Å². The lowest BCUT2D eigenvalue weighted by molar-refractivity contribution is 0.0938. The maximum Gasteiger partial charge on any atom is 0.251 e. The Morgan fingerprint density at radius 2 is 1.90 bits per heavy atom. The van der Waals surface area contributed by atoms with Crippen LogP contribution >= 0.6 is 0 Å². The summed E-state index contributed by atoms with van der Waals surface area (Å²) in [7, 11) is -1.11. The van der Waals surface area contributed by atoms with E-state index >= 15 is 0 Å². The number of H-pyrrole nitrogens is 1. The van der Waals surface area contributed by atoms with Gasteiger partial charge in [-0.3, -0.25) is 4.79 Å². The zero-order chi connectivity index (χ0) is 21.0. The second-order valence-corrected chi connectivity index (χ2v) is 8.17. The first kappa shape index (κ1) is 20.6. The molecule has 2 aromatic carbocycles. The van der Waals surface area contributed by atoms with Crippen LogP contribution in [0.4, 0.5) is 0 Å². The topological polar surface area (TPSA) is 113 Å². The summed E-state index contributed by atoms with van der Waals surface area (Å²) in [5.41, 5.74) is 2.02. The summed E-state index contributed by atoms with van der Waals surface area (Å²) >= 11 is 0. The largest absolute Gasteiger partial charge is 0.495 e. The summed E-state index contributed by atoms with van der Waals surface area (Å²) < 4.78 is 31.7. The van der Waals surface area contributed by atoms with Crippen LogP contribution in [0.3, 0.4) is 0 Å². The number of hydrogen-bond donors (Lipinski definition) is 3. The van der Waals surface area contributed by atoms with E-state index < -0.39 is 22.0 Å². The molecule has 0 saturated heterocycles. The minimum Gasteiger partial charge on any atom is -0.495 e. The molecular weight excluding hydrogens is 392 g/mol. The lowest BCUT2D eigenvalue weighted by atomic mass is 10.2. The summed E-state index contributed by atoms with van der Waals surface area (Å²) in [5.74, 6) is 0.321. The Labute approximate surface area is 169 Å². The molecular formula is C20H22N4O4S. The first-order valence-electron chi connectivity index (χ1n) is 8.88. The van der Waals surface area contributed by atoms with Gasteiger partial charge in [0.05, 0.1) is 25.0 Å². The van der Waals surface area contributed by atoms with E-state index in [1.165, 1.54) is 32.4 Å². The third kappa shape index (κ3) is 4.47. The minimum atomic E-state index is -3.78.